The first-order valence-electron chi connectivity index (χ1n) is 4.86. The van der Waals surface area contributed by atoms with E-state index in [9.17, 15) is 9.59 Å². The summed E-state index contributed by atoms with van der Waals surface area (Å²) >= 11 is 0. The quantitative estimate of drug-likeness (QED) is 0.827. The lowest BCUT2D eigenvalue weighted by Gasteiger charge is -2.20. The largest absolute Gasteiger partial charge is 0.459 e. The van der Waals surface area contributed by atoms with Gasteiger partial charge in [0.2, 0.25) is 5.91 Å². The molecule has 0 fully saturated rings. The summed E-state index contributed by atoms with van der Waals surface area (Å²) in [6.45, 7) is 5.48. The van der Waals surface area contributed by atoms with Crippen LogP contribution in [0.4, 0.5) is 0 Å². The molecule has 0 aliphatic carbocycles. The number of carbonyl (C=O) groups excluding carboxylic acids is 2. The van der Waals surface area contributed by atoms with Crippen LogP contribution in [0.3, 0.4) is 0 Å². The highest BCUT2D eigenvalue weighted by atomic mass is 16.3. The molecule has 1 N–H and O–H groups in total. The summed E-state index contributed by atoms with van der Waals surface area (Å²) in [4.78, 5) is 23.1. The first-order chi connectivity index (χ1) is 6.97. The molecule has 0 bridgehead atoms. The van der Waals surface area contributed by atoms with E-state index in [1.165, 1.54) is 12.3 Å². The van der Waals surface area contributed by atoms with Crippen LogP contribution < -0.4 is 5.32 Å². The van der Waals surface area contributed by atoms with Crippen LogP contribution in [0, 0.1) is 5.41 Å². The average molecular weight is 209 g/mol. The number of imide groups is 1. The highest BCUT2D eigenvalue weighted by Gasteiger charge is 2.27. The third-order valence-electron chi connectivity index (χ3n) is 2.47. The Morgan fingerprint density at radius 2 is 2.13 bits per heavy atom. The zero-order chi connectivity index (χ0) is 11.5. The molecular formula is C11H15NO3. The Labute approximate surface area is 88.7 Å². The summed E-state index contributed by atoms with van der Waals surface area (Å²) in [6.07, 6.45) is 2.06. The van der Waals surface area contributed by atoms with Crippen LogP contribution >= 0.6 is 0 Å². The molecule has 0 saturated carbocycles. The molecule has 1 aromatic heterocycles. The van der Waals surface area contributed by atoms with Crippen molar-refractivity contribution in [2.24, 2.45) is 5.41 Å². The fourth-order valence-electron chi connectivity index (χ4n) is 0.902. The van der Waals surface area contributed by atoms with Crippen LogP contribution in [0.2, 0.25) is 0 Å². The smallest absolute Gasteiger partial charge is 0.293 e. The second-order valence-electron chi connectivity index (χ2n) is 4.00. The Hall–Kier alpha value is -1.58. The number of carbonyl (C=O) groups is 2. The van der Waals surface area contributed by atoms with E-state index in [1.807, 2.05) is 6.92 Å². The van der Waals surface area contributed by atoms with Crippen molar-refractivity contribution in [1.29, 1.82) is 0 Å². The number of rotatable bonds is 3. The molecule has 0 radical (unpaired) electrons. The van der Waals surface area contributed by atoms with E-state index >= 15 is 0 Å². The molecule has 4 heteroatoms. The first kappa shape index (κ1) is 11.5. The van der Waals surface area contributed by atoms with Crippen molar-refractivity contribution in [3.05, 3.63) is 24.2 Å². The molecule has 0 spiro atoms. The van der Waals surface area contributed by atoms with Gasteiger partial charge in [-0.15, -0.1) is 0 Å². The minimum Gasteiger partial charge on any atom is -0.459 e. The van der Waals surface area contributed by atoms with E-state index in [2.05, 4.69) is 5.32 Å². The van der Waals surface area contributed by atoms with E-state index in [0.29, 0.717) is 6.42 Å². The van der Waals surface area contributed by atoms with Gasteiger partial charge in [0.15, 0.2) is 5.76 Å². The molecule has 15 heavy (non-hydrogen) atoms. The summed E-state index contributed by atoms with van der Waals surface area (Å²) in [6, 6.07) is 3.12. The summed E-state index contributed by atoms with van der Waals surface area (Å²) < 4.78 is 4.88. The Balaban J connectivity index is 2.64. The molecule has 1 rings (SSSR count). The van der Waals surface area contributed by atoms with E-state index < -0.39 is 11.3 Å². The van der Waals surface area contributed by atoms with Gasteiger partial charge in [0.1, 0.15) is 0 Å². The molecule has 1 heterocycles. The maximum Gasteiger partial charge on any atom is 0.293 e. The second kappa shape index (κ2) is 4.29. The topological polar surface area (TPSA) is 59.3 Å². The van der Waals surface area contributed by atoms with Crippen LogP contribution in [-0.2, 0) is 4.79 Å². The fourth-order valence-corrected chi connectivity index (χ4v) is 0.902. The Morgan fingerprint density at radius 1 is 1.47 bits per heavy atom. The monoisotopic (exact) mass is 209 g/mol. The molecular weight excluding hydrogens is 194 g/mol. The lowest BCUT2D eigenvalue weighted by molar-refractivity contribution is -0.128. The highest BCUT2D eigenvalue weighted by molar-refractivity contribution is 6.04. The SMILES string of the molecule is CCC(C)(C)C(=O)NC(=O)c1ccco1. The normalized spacial score (nSPS) is 11.1. The predicted molar refractivity (Wildman–Crippen MR) is 55.3 cm³/mol. The number of nitrogens with one attached hydrogen (secondary N) is 1. The minimum atomic E-state index is -0.539. The van der Waals surface area contributed by atoms with Crippen LogP contribution in [-0.4, -0.2) is 11.8 Å². The number of furan rings is 1. The maximum atomic E-state index is 11.6. The molecule has 0 aliphatic rings. The molecule has 0 unspecified atom stereocenters. The van der Waals surface area contributed by atoms with Crippen molar-refractivity contribution >= 4 is 11.8 Å². The van der Waals surface area contributed by atoms with Gasteiger partial charge in [0.25, 0.3) is 5.91 Å². The standard InChI is InChI=1S/C11H15NO3/c1-4-11(2,3)10(14)12-9(13)8-6-5-7-15-8/h5-7H,4H2,1-3H3,(H,12,13,14). The van der Waals surface area contributed by atoms with Crippen molar-refractivity contribution in [1.82, 2.24) is 5.32 Å². The van der Waals surface area contributed by atoms with Crippen LogP contribution in [0.5, 0.6) is 0 Å². The van der Waals surface area contributed by atoms with Gasteiger partial charge in [-0.3, -0.25) is 14.9 Å². The zero-order valence-corrected chi connectivity index (χ0v) is 9.16. The van der Waals surface area contributed by atoms with Gasteiger partial charge in [-0.25, -0.2) is 0 Å². The van der Waals surface area contributed by atoms with Gasteiger partial charge in [0.05, 0.1) is 6.26 Å². The van der Waals surface area contributed by atoms with Crippen molar-refractivity contribution in [2.75, 3.05) is 0 Å². The van der Waals surface area contributed by atoms with Crippen LogP contribution in [0.1, 0.15) is 37.7 Å². The summed E-state index contributed by atoms with van der Waals surface area (Å²) in [7, 11) is 0. The molecule has 1 aromatic rings. The van der Waals surface area contributed by atoms with Gasteiger partial charge in [-0.1, -0.05) is 20.8 Å². The van der Waals surface area contributed by atoms with E-state index in [1.54, 1.807) is 19.9 Å². The Morgan fingerprint density at radius 3 is 2.60 bits per heavy atom. The van der Waals surface area contributed by atoms with Crippen LogP contribution in [0.15, 0.2) is 22.8 Å². The van der Waals surface area contributed by atoms with Crippen molar-refractivity contribution in [2.45, 2.75) is 27.2 Å². The van der Waals surface area contributed by atoms with Gasteiger partial charge in [-0.05, 0) is 18.6 Å². The van der Waals surface area contributed by atoms with Gasteiger partial charge in [0, 0.05) is 5.41 Å². The first-order valence-corrected chi connectivity index (χ1v) is 4.86. The molecule has 2 amide bonds. The number of hydrogen-bond acceptors (Lipinski definition) is 3. The molecule has 4 nitrogen and oxygen atoms in total. The molecule has 0 aromatic carbocycles. The summed E-state index contributed by atoms with van der Waals surface area (Å²) in [5, 5.41) is 2.30. The third-order valence-corrected chi connectivity index (χ3v) is 2.47. The highest BCUT2D eigenvalue weighted by Crippen LogP contribution is 2.19. The number of hydrogen-bond donors (Lipinski definition) is 1. The van der Waals surface area contributed by atoms with Gasteiger partial charge >= 0.3 is 0 Å². The third kappa shape index (κ3) is 2.68. The molecule has 0 aliphatic heterocycles. The van der Waals surface area contributed by atoms with Crippen molar-refractivity contribution in [3.8, 4) is 0 Å². The lowest BCUT2D eigenvalue weighted by atomic mass is 9.89. The fraction of sp³-hybridized carbons (Fsp3) is 0.455. The van der Waals surface area contributed by atoms with Gasteiger partial charge in [-0.2, -0.15) is 0 Å². The van der Waals surface area contributed by atoms with E-state index in [-0.39, 0.29) is 11.7 Å². The Kier molecular flexibility index (Phi) is 3.29. The molecule has 0 atom stereocenters. The summed E-state index contributed by atoms with van der Waals surface area (Å²) in [5.41, 5.74) is -0.539. The zero-order valence-electron chi connectivity index (χ0n) is 9.16. The average Bonchev–Trinajstić information content (AvgIpc) is 2.70. The number of amides is 2. The predicted octanol–water partition coefficient (Wildman–Crippen LogP) is 1.97. The van der Waals surface area contributed by atoms with Gasteiger partial charge < -0.3 is 4.42 Å². The van der Waals surface area contributed by atoms with E-state index in [0.717, 1.165) is 0 Å². The van der Waals surface area contributed by atoms with E-state index in [4.69, 9.17) is 4.42 Å². The second-order valence-corrected chi connectivity index (χ2v) is 4.00. The van der Waals surface area contributed by atoms with Crippen molar-refractivity contribution in [3.63, 3.8) is 0 Å². The summed E-state index contributed by atoms with van der Waals surface area (Å²) in [5.74, 6) is -0.631. The Bertz CT molecular complexity index is 352. The van der Waals surface area contributed by atoms with Crippen molar-refractivity contribution < 1.29 is 14.0 Å². The molecule has 0 saturated heterocycles. The minimum absolute atomic E-state index is 0.148. The lowest BCUT2D eigenvalue weighted by Crippen LogP contribution is -2.40. The van der Waals surface area contributed by atoms with Crippen LogP contribution in [0.25, 0.3) is 0 Å². The maximum absolute atomic E-state index is 11.6. The molecule has 82 valence electrons.